The molecule has 0 radical (unpaired) electrons. The summed E-state index contributed by atoms with van der Waals surface area (Å²) in [4.78, 5) is 14.1. The molecule has 31 heavy (non-hydrogen) atoms. The van der Waals surface area contributed by atoms with Crippen LogP contribution in [0.3, 0.4) is 0 Å². The molecular formula is C22H18BrN3O4S. The molecule has 7 nitrogen and oxygen atoms in total. The van der Waals surface area contributed by atoms with Gasteiger partial charge in [-0.15, -0.1) is 0 Å². The molecule has 0 amide bonds. The number of nitro groups is 1. The van der Waals surface area contributed by atoms with Gasteiger partial charge in [0.25, 0.3) is 5.69 Å². The molecule has 1 heterocycles. The highest BCUT2D eigenvalue weighted by Crippen LogP contribution is 2.33. The zero-order valence-electron chi connectivity index (χ0n) is 16.4. The molecule has 0 aliphatic heterocycles. The van der Waals surface area contributed by atoms with Gasteiger partial charge in [-0.3, -0.25) is 10.1 Å². The summed E-state index contributed by atoms with van der Waals surface area (Å²) in [6.07, 6.45) is 1.72. The molecule has 4 rings (SSSR count). The molecule has 0 unspecified atom stereocenters. The number of halogens is 1. The molecule has 0 aliphatic carbocycles. The second-order valence-corrected chi connectivity index (χ2v) is 9.78. The SMILES string of the molecule is Cc1ccc(S(=O)(=O)N[C@@H](c2cccc([N+](=O)[O-])c2)c2c[nH]c3ccc(Br)cc23)cc1. The van der Waals surface area contributed by atoms with Gasteiger partial charge >= 0.3 is 0 Å². The maximum atomic E-state index is 13.2. The van der Waals surface area contributed by atoms with E-state index in [1.54, 1.807) is 30.5 Å². The first-order valence-corrected chi connectivity index (χ1v) is 11.6. The Morgan fingerprint density at radius 2 is 1.81 bits per heavy atom. The van der Waals surface area contributed by atoms with Crippen molar-refractivity contribution in [3.05, 3.63) is 104 Å². The first kappa shape index (κ1) is 21.2. The van der Waals surface area contributed by atoms with E-state index >= 15 is 0 Å². The maximum absolute atomic E-state index is 13.2. The number of hydrogen-bond acceptors (Lipinski definition) is 4. The van der Waals surface area contributed by atoms with Crippen molar-refractivity contribution >= 4 is 42.5 Å². The molecule has 9 heteroatoms. The minimum Gasteiger partial charge on any atom is -0.361 e. The lowest BCUT2D eigenvalue weighted by molar-refractivity contribution is -0.384. The molecule has 3 aromatic carbocycles. The molecule has 158 valence electrons. The standard InChI is InChI=1S/C22H18BrN3O4S/c1-14-5-8-18(9-6-14)31(29,30)25-22(15-3-2-4-17(11-15)26(27)28)20-13-24-21-10-7-16(23)12-19(20)21/h2-13,22,24-25H,1H3/t22-/m0/s1. The Balaban J connectivity index is 1.87. The largest absolute Gasteiger partial charge is 0.361 e. The number of sulfonamides is 1. The van der Waals surface area contributed by atoms with Crippen LogP contribution in [-0.4, -0.2) is 18.3 Å². The van der Waals surface area contributed by atoms with E-state index < -0.39 is 21.0 Å². The molecule has 0 spiro atoms. The van der Waals surface area contributed by atoms with Crippen LogP contribution in [0.5, 0.6) is 0 Å². The molecule has 4 aromatic rings. The first-order valence-electron chi connectivity index (χ1n) is 9.34. The van der Waals surface area contributed by atoms with E-state index in [0.29, 0.717) is 11.1 Å². The van der Waals surface area contributed by atoms with E-state index in [-0.39, 0.29) is 10.6 Å². The minimum absolute atomic E-state index is 0.113. The van der Waals surface area contributed by atoms with E-state index in [1.165, 1.54) is 24.3 Å². The second kappa shape index (κ2) is 8.26. The van der Waals surface area contributed by atoms with Gasteiger partial charge in [-0.1, -0.05) is 45.8 Å². The second-order valence-electron chi connectivity index (χ2n) is 7.15. The number of H-pyrrole nitrogens is 1. The van der Waals surface area contributed by atoms with Gasteiger partial charge in [0.15, 0.2) is 0 Å². The monoisotopic (exact) mass is 499 g/mol. The van der Waals surface area contributed by atoms with Crippen molar-refractivity contribution in [2.75, 3.05) is 0 Å². The van der Waals surface area contributed by atoms with Gasteiger partial charge in [0.2, 0.25) is 10.0 Å². The zero-order valence-corrected chi connectivity index (χ0v) is 18.8. The van der Waals surface area contributed by atoms with Gasteiger partial charge in [0.05, 0.1) is 15.9 Å². The fourth-order valence-electron chi connectivity index (χ4n) is 3.42. The molecule has 1 aromatic heterocycles. The van der Waals surface area contributed by atoms with Crippen LogP contribution in [0.15, 0.2) is 82.3 Å². The Labute approximate surface area is 187 Å². The summed E-state index contributed by atoms with van der Waals surface area (Å²) in [6.45, 7) is 1.87. The average Bonchev–Trinajstić information content (AvgIpc) is 3.15. The first-order chi connectivity index (χ1) is 14.7. The number of nitrogens with one attached hydrogen (secondary N) is 2. The van der Waals surface area contributed by atoms with Crippen LogP contribution < -0.4 is 4.72 Å². The Morgan fingerprint density at radius 3 is 2.52 bits per heavy atom. The number of non-ortho nitro benzene ring substituents is 1. The molecule has 0 aliphatic rings. The third-order valence-electron chi connectivity index (χ3n) is 5.01. The highest BCUT2D eigenvalue weighted by atomic mass is 79.9. The lowest BCUT2D eigenvalue weighted by Crippen LogP contribution is -2.29. The normalized spacial score (nSPS) is 12.7. The molecule has 1 atom stereocenters. The highest BCUT2D eigenvalue weighted by molar-refractivity contribution is 9.10. The highest BCUT2D eigenvalue weighted by Gasteiger charge is 2.26. The zero-order chi connectivity index (χ0) is 22.2. The van der Waals surface area contributed by atoms with Crippen molar-refractivity contribution in [3.8, 4) is 0 Å². The van der Waals surface area contributed by atoms with E-state index in [9.17, 15) is 18.5 Å². The number of aromatic amines is 1. The Hall–Kier alpha value is -3.01. The third-order valence-corrected chi connectivity index (χ3v) is 6.94. The van der Waals surface area contributed by atoms with Crippen molar-refractivity contribution in [1.82, 2.24) is 9.71 Å². The van der Waals surface area contributed by atoms with E-state index in [1.807, 2.05) is 25.1 Å². The summed E-state index contributed by atoms with van der Waals surface area (Å²) >= 11 is 3.45. The van der Waals surface area contributed by atoms with Crippen molar-refractivity contribution < 1.29 is 13.3 Å². The Bertz CT molecular complexity index is 1380. The predicted octanol–water partition coefficient (Wildman–Crippen LogP) is 5.21. The quantitative estimate of drug-likeness (QED) is 0.280. The van der Waals surface area contributed by atoms with Crippen LogP contribution in [0, 0.1) is 17.0 Å². The Kier molecular flexibility index (Phi) is 5.65. The molecular weight excluding hydrogens is 482 g/mol. The Morgan fingerprint density at radius 1 is 1.06 bits per heavy atom. The van der Waals surface area contributed by atoms with Gasteiger partial charge in [-0.2, -0.15) is 4.72 Å². The number of benzene rings is 3. The maximum Gasteiger partial charge on any atom is 0.269 e. The van der Waals surface area contributed by atoms with E-state index in [4.69, 9.17) is 0 Å². The number of fused-ring (bicyclic) bond motifs is 1. The van der Waals surface area contributed by atoms with Gasteiger partial charge in [0, 0.05) is 33.7 Å². The number of hydrogen-bond donors (Lipinski definition) is 2. The molecule has 0 bridgehead atoms. The van der Waals surface area contributed by atoms with E-state index in [0.717, 1.165) is 20.9 Å². The third kappa shape index (κ3) is 4.39. The van der Waals surface area contributed by atoms with E-state index in [2.05, 4.69) is 25.6 Å². The predicted molar refractivity (Wildman–Crippen MR) is 122 cm³/mol. The lowest BCUT2D eigenvalue weighted by atomic mass is 9.98. The topological polar surface area (TPSA) is 105 Å². The minimum atomic E-state index is -3.91. The van der Waals surface area contributed by atoms with Crippen LogP contribution in [0.4, 0.5) is 5.69 Å². The van der Waals surface area contributed by atoms with Gasteiger partial charge in [-0.25, -0.2) is 8.42 Å². The van der Waals surface area contributed by atoms with Crippen molar-refractivity contribution in [1.29, 1.82) is 0 Å². The number of nitro benzene ring substituents is 1. The fourth-order valence-corrected chi connectivity index (χ4v) is 4.99. The van der Waals surface area contributed by atoms with Crippen LogP contribution in [0.25, 0.3) is 10.9 Å². The summed E-state index contributed by atoms with van der Waals surface area (Å²) in [6, 6.07) is 17.3. The molecule has 0 saturated heterocycles. The molecule has 2 N–H and O–H groups in total. The van der Waals surface area contributed by atoms with Gasteiger partial charge < -0.3 is 4.98 Å². The van der Waals surface area contributed by atoms with Gasteiger partial charge in [0.1, 0.15) is 0 Å². The van der Waals surface area contributed by atoms with Crippen LogP contribution >= 0.6 is 15.9 Å². The van der Waals surface area contributed by atoms with Crippen molar-refractivity contribution in [2.24, 2.45) is 0 Å². The number of nitrogens with zero attached hydrogens (tertiary/aromatic N) is 1. The summed E-state index contributed by atoms with van der Waals surface area (Å²) < 4.78 is 29.9. The number of aromatic nitrogens is 1. The fraction of sp³-hybridized carbons (Fsp3) is 0.0909. The summed E-state index contributed by atoms with van der Waals surface area (Å²) in [5.74, 6) is 0. The number of aryl methyl sites for hydroxylation is 1. The smallest absolute Gasteiger partial charge is 0.269 e. The summed E-state index contributed by atoms with van der Waals surface area (Å²) in [7, 11) is -3.91. The number of rotatable bonds is 6. The molecule has 0 saturated carbocycles. The van der Waals surface area contributed by atoms with Crippen LogP contribution in [-0.2, 0) is 10.0 Å². The summed E-state index contributed by atoms with van der Waals surface area (Å²) in [5.41, 5.74) is 2.77. The van der Waals surface area contributed by atoms with Crippen molar-refractivity contribution in [2.45, 2.75) is 17.9 Å². The summed E-state index contributed by atoms with van der Waals surface area (Å²) in [5, 5.41) is 12.1. The molecule has 0 fully saturated rings. The van der Waals surface area contributed by atoms with Gasteiger partial charge in [-0.05, 0) is 48.4 Å². The van der Waals surface area contributed by atoms with Crippen molar-refractivity contribution in [3.63, 3.8) is 0 Å². The lowest BCUT2D eigenvalue weighted by Gasteiger charge is -2.19. The van der Waals surface area contributed by atoms with Crippen LogP contribution in [0.2, 0.25) is 0 Å². The van der Waals surface area contributed by atoms with Crippen LogP contribution in [0.1, 0.15) is 22.7 Å². The average molecular weight is 500 g/mol.